The van der Waals surface area contributed by atoms with Crippen LogP contribution in [-0.2, 0) is 11.3 Å². The smallest absolute Gasteiger partial charge is 0.162 e. The molecular formula is C17H16N3O5S-. The lowest BCUT2D eigenvalue weighted by Crippen LogP contribution is -2.23. The summed E-state index contributed by atoms with van der Waals surface area (Å²) in [6.45, 7) is 0. The van der Waals surface area contributed by atoms with Crippen LogP contribution in [0.4, 0.5) is 5.69 Å². The number of hydrogen-bond acceptors (Lipinski definition) is 7. The van der Waals surface area contributed by atoms with Crippen LogP contribution in [0.1, 0.15) is 0 Å². The summed E-state index contributed by atoms with van der Waals surface area (Å²) < 4.78 is 37.5. The lowest BCUT2D eigenvalue weighted by molar-refractivity contribution is 0.355. The molecule has 0 bridgehead atoms. The minimum absolute atomic E-state index is 0.576. The van der Waals surface area contributed by atoms with E-state index >= 15 is 0 Å². The molecule has 0 saturated heterocycles. The SMILES string of the molecule is COc1cc2nccc(Oc3ccc(NNS(=O)[O-])cc3)c2cc1OC. The van der Waals surface area contributed by atoms with Crippen molar-refractivity contribution in [1.29, 1.82) is 0 Å². The molecule has 1 aromatic heterocycles. The summed E-state index contributed by atoms with van der Waals surface area (Å²) >= 11 is -2.40. The lowest BCUT2D eigenvalue weighted by atomic mass is 10.2. The molecule has 136 valence electrons. The first kappa shape index (κ1) is 17.9. The molecule has 0 saturated carbocycles. The van der Waals surface area contributed by atoms with Crippen LogP contribution in [0.25, 0.3) is 10.9 Å². The summed E-state index contributed by atoms with van der Waals surface area (Å²) in [5, 5.41) is 0.774. The van der Waals surface area contributed by atoms with Gasteiger partial charge in [-0.3, -0.25) is 9.19 Å². The molecule has 0 aliphatic rings. The Kier molecular flexibility index (Phi) is 5.52. The Hall–Kier alpha value is -2.88. The van der Waals surface area contributed by atoms with Gasteiger partial charge in [-0.1, -0.05) is 0 Å². The fourth-order valence-electron chi connectivity index (χ4n) is 2.37. The molecule has 8 nitrogen and oxygen atoms in total. The number of hydrogen-bond donors (Lipinski definition) is 2. The Morgan fingerprint density at radius 1 is 1.00 bits per heavy atom. The maximum atomic E-state index is 10.5. The Labute approximate surface area is 152 Å². The van der Waals surface area contributed by atoms with Gasteiger partial charge in [-0.2, -0.15) is 4.83 Å². The van der Waals surface area contributed by atoms with Crippen molar-refractivity contribution < 1.29 is 23.0 Å². The van der Waals surface area contributed by atoms with E-state index in [1.807, 2.05) is 0 Å². The monoisotopic (exact) mass is 374 g/mol. The fraction of sp³-hybridized carbons (Fsp3) is 0.118. The number of nitrogens with one attached hydrogen (secondary N) is 2. The number of hydrazine groups is 1. The van der Waals surface area contributed by atoms with Gasteiger partial charge in [0.25, 0.3) is 0 Å². The van der Waals surface area contributed by atoms with Crippen molar-refractivity contribution in [3.05, 3.63) is 48.7 Å². The van der Waals surface area contributed by atoms with Gasteiger partial charge in [0.1, 0.15) is 11.5 Å². The first-order valence-electron chi connectivity index (χ1n) is 7.50. The zero-order chi connectivity index (χ0) is 18.5. The molecule has 0 spiro atoms. The van der Waals surface area contributed by atoms with Crippen LogP contribution in [0.5, 0.6) is 23.0 Å². The topological polar surface area (TPSA) is 105 Å². The Morgan fingerprint density at radius 2 is 1.69 bits per heavy atom. The first-order chi connectivity index (χ1) is 12.6. The Balaban J connectivity index is 1.87. The van der Waals surface area contributed by atoms with Crippen LogP contribution < -0.4 is 24.5 Å². The summed E-state index contributed by atoms with van der Waals surface area (Å²) in [6, 6.07) is 12.1. The van der Waals surface area contributed by atoms with Gasteiger partial charge in [0, 0.05) is 34.6 Å². The second-order valence-electron chi connectivity index (χ2n) is 5.12. The van der Waals surface area contributed by atoms with Crippen molar-refractivity contribution >= 4 is 27.9 Å². The molecule has 9 heteroatoms. The third kappa shape index (κ3) is 4.02. The van der Waals surface area contributed by atoms with E-state index in [4.69, 9.17) is 14.2 Å². The highest BCUT2D eigenvalue weighted by atomic mass is 32.2. The summed E-state index contributed by atoms with van der Waals surface area (Å²) in [7, 11) is 3.13. The third-order valence-corrected chi connectivity index (χ3v) is 3.84. The molecule has 1 unspecified atom stereocenters. The number of fused-ring (bicyclic) bond motifs is 1. The van der Waals surface area contributed by atoms with Crippen LogP contribution in [0.3, 0.4) is 0 Å². The number of methoxy groups -OCH3 is 2. The summed E-state index contributed by atoms with van der Waals surface area (Å²) in [5.41, 5.74) is 3.82. The maximum absolute atomic E-state index is 10.5. The molecule has 1 heterocycles. The zero-order valence-corrected chi connectivity index (χ0v) is 14.8. The molecule has 1 atom stereocenters. The van der Waals surface area contributed by atoms with Crippen LogP contribution in [-0.4, -0.2) is 28.0 Å². The van der Waals surface area contributed by atoms with Crippen molar-refractivity contribution in [2.45, 2.75) is 0 Å². The maximum Gasteiger partial charge on any atom is 0.162 e. The Bertz CT molecular complexity index is 934. The largest absolute Gasteiger partial charge is 0.759 e. The highest BCUT2D eigenvalue weighted by molar-refractivity contribution is 7.77. The van der Waals surface area contributed by atoms with Crippen molar-refractivity contribution in [2.75, 3.05) is 19.6 Å². The quantitative estimate of drug-likeness (QED) is 0.484. The molecule has 0 radical (unpaired) electrons. The summed E-state index contributed by atoms with van der Waals surface area (Å²) in [5.74, 6) is 2.36. The molecule has 2 aromatic carbocycles. The van der Waals surface area contributed by atoms with Crippen LogP contribution >= 0.6 is 0 Å². The van der Waals surface area contributed by atoms with Gasteiger partial charge in [-0.25, -0.2) is 0 Å². The van der Waals surface area contributed by atoms with Gasteiger partial charge in [0.05, 0.1) is 19.7 Å². The minimum atomic E-state index is -2.40. The van der Waals surface area contributed by atoms with E-state index in [1.54, 1.807) is 62.9 Å². The van der Waals surface area contributed by atoms with E-state index in [0.717, 1.165) is 5.39 Å². The van der Waals surface area contributed by atoms with Gasteiger partial charge in [0.2, 0.25) is 0 Å². The highest BCUT2D eigenvalue weighted by Gasteiger charge is 2.11. The average molecular weight is 374 g/mol. The molecule has 0 amide bonds. The van der Waals surface area contributed by atoms with Crippen LogP contribution in [0.15, 0.2) is 48.7 Å². The highest BCUT2D eigenvalue weighted by Crippen LogP contribution is 2.36. The zero-order valence-electron chi connectivity index (χ0n) is 14.0. The van der Waals surface area contributed by atoms with Crippen molar-refractivity contribution in [3.63, 3.8) is 0 Å². The minimum Gasteiger partial charge on any atom is -0.759 e. The second kappa shape index (κ2) is 8.00. The number of ether oxygens (including phenoxy) is 3. The molecular weight excluding hydrogens is 358 g/mol. The summed E-state index contributed by atoms with van der Waals surface area (Å²) in [4.78, 5) is 6.40. The van der Waals surface area contributed by atoms with Crippen molar-refractivity contribution in [3.8, 4) is 23.0 Å². The van der Waals surface area contributed by atoms with Gasteiger partial charge < -0.3 is 24.2 Å². The number of anilines is 1. The number of rotatable bonds is 7. The average Bonchev–Trinajstić information content (AvgIpc) is 2.66. The van der Waals surface area contributed by atoms with E-state index in [9.17, 15) is 8.76 Å². The van der Waals surface area contributed by atoms with Crippen molar-refractivity contribution in [1.82, 2.24) is 9.82 Å². The third-order valence-electron chi connectivity index (χ3n) is 3.57. The van der Waals surface area contributed by atoms with E-state index in [1.165, 1.54) is 0 Å². The standard InChI is InChI=1S/C17H17N3O5S/c1-23-16-9-13-14(10-17(16)24-2)18-8-7-15(13)25-12-5-3-11(4-6-12)19-20-26(21)22/h3-10,19-20H,1-2H3,(H,21,22)/p-1. The van der Waals surface area contributed by atoms with E-state index in [0.29, 0.717) is 34.2 Å². The van der Waals surface area contributed by atoms with Crippen LogP contribution in [0.2, 0.25) is 0 Å². The number of aromatic nitrogens is 1. The molecule has 2 N–H and O–H groups in total. The lowest BCUT2D eigenvalue weighted by Gasteiger charge is -2.13. The number of benzene rings is 2. The Morgan fingerprint density at radius 3 is 2.35 bits per heavy atom. The van der Waals surface area contributed by atoms with E-state index in [2.05, 4.69) is 15.2 Å². The number of pyridine rings is 1. The van der Waals surface area contributed by atoms with E-state index < -0.39 is 11.3 Å². The number of nitrogens with zero attached hydrogens (tertiary/aromatic N) is 1. The molecule has 0 aliphatic carbocycles. The molecule has 3 aromatic rings. The molecule has 0 fully saturated rings. The summed E-state index contributed by atoms with van der Waals surface area (Å²) in [6.07, 6.45) is 1.65. The van der Waals surface area contributed by atoms with Crippen LogP contribution in [0, 0.1) is 0 Å². The molecule has 3 rings (SSSR count). The first-order valence-corrected chi connectivity index (χ1v) is 8.58. The van der Waals surface area contributed by atoms with E-state index in [-0.39, 0.29) is 0 Å². The predicted octanol–water partition coefficient (Wildman–Crippen LogP) is 2.75. The van der Waals surface area contributed by atoms with Gasteiger partial charge in [0.15, 0.2) is 11.5 Å². The normalized spacial score (nSPS) is 11.8. The van der Waals surface area contributed by atoms with Gasteiger partial charge in [-0.05, 0) is 36.4 Å². The second-order valence-corrected chi connectivity index (χ2v) is 5.80. The van der Waals surface area contributed by atoms with Gasteiger partial charge >= 0.3 is 0 Å². The molecule has 26 heavy (non-hydrogen) atoms. The predicted molar refractivity (Wildman–Crippen MR) is 97.0 cm³/mol. The molecule has 0 aliphatic heterocycles. The fourth-order valence-corrected chi connectivity index (χ4v) is 2.57. The van der Waals surface area contributed by atoms with Gasteiger partial charge in [-0.15, -0.1) is 0 Å². The van der Waals surface area contributed by atoms with Crippen molar-refractivity contribution in [2.24, 2.45) is 0 Å².